The number of nitrogens with zero attached hydrogens (tertiary/aromatic N) is 2. The van der Waals surface area contributed by atoms with Gasteiger partial charge in [0.1, 0.15) is 0 Å². The van der Waals surface area contributed by atoms with Crippen LogP contribution in [0.2, 0.25) is 0 Å². The van der Waals surface area contributed by atoms with Crippen molar-refractivity contribution in [1.29, 1.82) is 0 Å². The lowest BCUT2D eigenvalue weighted by Gasteiger charge is -2.07. The van der Waals surface area contributed by atoms with E-state index >= 15 is 0 Å². The van der Waals surface area contributed by atoms with E-state index in [-0.39, 0.29) is 5.56 Å². The van der Waals surface area contributed by atoms with E-state index in [1.165, 1.54) is 11.3 Å². The molecule has 0 spiro atoms. The quantitative estimate of drug-likeness (QED) is 0.807. The average Bonchev–Trinajstić information content (AvgIpc) is 3.12. The van der Waals surface area contributed by atoms with Gasteiger partial charge in [0.15, 0.2) is 5.13 Å². The molecule has 102 valence electrons. The molecule has 3 aromatic heterocycles. The molecule has 3 rings (SSSR count). The van der Waals surface area contributed by atoms with Crippen LogP contribution in [0.1, 0.15) is 0 Å². The summed E-state index contributed by atoms with van der Waals surface area (Å²) in [4.78, 5) is 18.0. The number of thiophene rings is 1. The number of rotatable bonds is 3. The van der Waals surface area contributed by atoms with Gasteiger partial charge in [-0.2, -0.15) is 0 Å². The first-order valence-corrected chi connectivity index (χ1v) is 7.84. The van der Waals surface area contributed by atoms with Crippen molar-refractivity contribution in [3.63, 3.8) is 0 Å². The average molecular weight is 303 g/mol. The minimum Gasteiger partial charge on any atom is -0.365 e. The lowest BCUT2D eigenvalue weighted by atomic mass is 10.2. The summed E-state index contributed by atoms with van der Waals surface area (Å²) in [6.45, 7) is 0. The second-order valence-electron chi connectivity index (χ2n) is 4.26. The summed E-state index contributed by atoms with van der Waals surface area (Å²) in [5, 5.41) is 7.70. The van der Waals surface area contributed by atoms with E-state index in [1.807, 2.05) is 42.1 Å². The molecule has 0 radical (unpaired) electrons. The number of pyridine rings is 1. The number of anilines is 1. The zero-order valence-electron chi connectivity index (χ0n) is 11.1. The Morgan fingerprint density at radius 1 is 1.25 bits per heavy atom. The van der Waals surface area contributed by atoms with E-state index < -0.39 is 0 Å². The number of hydrogen-bond acceptors (Lipinski definition) is 5. The minimum absolute atomic E-state index is 0.0242. The molecule has 3 heterocycles. The largest absolute Gasteiger partial charge is 0.365 e. The summed E-state index contributed by atoms with van der Waals surface area (Å²) in [7, 11) is 3.62. The molecule has 0 unspecified atom stereocenters. The van der Waals surface area contributed by atoms with Gasteiger partial charge in [-0.15, -0.1) is 22.7 Å². The minimum atomic E-state index is -0.0242. The zero-order valence-corrected chi connectivity index (χ0v) is 12.7. The summed E-state index contributed by atoms with van der Waals surface area (Å²) in [6.07, 6.45) is 0. The Labute approximate surface area is 124 Å². The van der Waals surface area contributed by atoms with Crippen molar-refractivity contribution in [2.75, 3.05) is 12.4 Å². The fourth-order valence-electron chi connectivity index (χ4n) is 2.01. The lowest BCUT2D eigenvalue weighted by Crippen LogP contribution is -2.19. The predicted octanol–water partition coefficient (Wildman–Crippen LogP) is 3.28. The van der Waals surface area contributed by atoms with Gasteiger partial charge in [-0.25, -0.2) is 4.98 Å². The summed E-state index contributed by atoms with van der Waals surface area (Å²) in [5.74, 6) is 0. The monoisotopic (exact) mass is 303 g/mol. The molecule has 0 atom stereocenters. The van der Waals surface area contributed by atoms with Crippen molar-refractivity contribution in [3.8, 4) is 21.8 Å². The van der Waals surface area contributed by atoms with Gasteiger partial charge in [0.2, 0.25) is 0 Å². The van der Waals surface area contributed by atoms with Crippen molar-refractivity contribution >= 4 is 27.8 Å². The first-order chi connectivity index (χ1) is 9.70. The smallest absolute Gasteiger partial charge is 0.260 e. The van der Waals surface area contributed by atoms with Gasteiger partial charge in [0.25, 0.3) is 5.56 Å². The van der Waals surface area contributed by atoms with Crippen LogP contribution in [0, 0.1) is 0 Å². The van der Waals surface area contributed by atoms with E-state index in [1.54, 1.807) is 23.0 Å². The normalized spacial score (nSPS) is 10.7. The Bertz CT molecular complexity index is 787. The molecule has 0 aliphatic carbocycles. The molecule has 0 amide bonds. The summed E-state index contributed by atoms with van der Waals surface area (Å²) >= 11 is 3.12. The molecule has 0 fully saturated rings. The van der Waals surface area contributed by atoms with E-state index in [0.29, 0.717) is 5.56 Å². The number of thiazole rings is 1. The van der Waals surface area contributed by atoms with Crippen LogP contribution in [0.4, 0.5) is 5.13 Å². The van der Waals surface area contributed by atoms with E-state index in [2.05, 4.69) is 10.3 Å². The number of aromatic nitrogens is 2. The fraction of sp³-hybridized carbons (Fsp3) is 0.143. The third-order valence-electron chi connectivity index (χ3n) is 3.07. The lowest BCUT2D eigenvalue weighted by molar-refractivity contribution is 0.874. The molecule has 4 nitrogen and oxygen atoms in total. The van der Waals surface area contributed by atoms with Crippen LogP contribution in [0.5, 0.6) is 0 Å². The Morgan fingerprint density at radius 3 is 2.75 bits per heavy atom. The van der Waals surface area contributed by atoms with Crippen LogP contribution in [0.25, 0.3) is 21.8 Å². The van der Waals surface area contributed by atoms with E-state index in [4.69, 9.17) is 0 Å². The summed E-state index contributed by atoms with van der Waals surface area (Å²) < 4.78 is 1.68. The highest BCUT2D eigenvalue weighted by molar-refractivity contribution is 7.14. The predicted molar refractivity (Wildman–Crippen MR) is 85.7 cm³/mol. The Morgan fingerprint density at radius 2 is 2.10 bits per heavy atom. The van der Waals surface area contributed by atoms with Crippen LogP contribution in [-0.4, -0.2) is 16.6 Å². The first-order valence-electron chi connectivity index (χ1n) is 6.08. The molecular weight excluding hydrogens is 290 g/mol. The maximum absolute atomic E-state index is 12.5. The first kappa shape index (κ1) is 13.1. The second-order valence-corrected chi connectivity index (χ2v) is 6.07. The molecule has 0 bridgehead atoms. The number of nitrogens with one attached hydrogen (secondary N) is 1. The van der Waals surface area contributed by atoms with Gasteiger partial charge >= 0.3 is 0 Å². The molecule has 0 saturated carbocycles. The van der Waals surface area contributed by atoms with Crippen molar-refractivity contribution in [1.82, 2.24) is 9.55 Å². The highest BCUT2D eigenvalue weighted by Crippen LogP contribution is 2.26. The summed E-state index contributed by atoms with van der Waals surface area (Å²) in [6, 6.07) is 7.83. The Balaban J connectivity index is 2.11. The maximum atomic E-state index is 12.5. The maximum Gasteiger partial charge on any atom is 0.260 e. The molecule has 0 saturated heterocycles. The fourth-order valence-corrected chi connectivity index (χ4v) is 3.47. The van der Waals surface area contributed by atoms with Crippen LogP contribution in [-0.2, 0) is 7.05 Å². The van der Waals surface area contributed by atoms with Crippen LogP contribution in [0.15, 0.2) is 39.8 Å². The topological polar surface area (TPSA) is 46.9 Å². The van der Waals surface area contributed by atoms with Crippen molar-refractivity contribution < 1.29 is 0 Å². The van der Waals surface area contributed by atoms with Crippen molar-refractivity contribution in [3.05, 3.63) is 45.4 Å². The molecule has 6 heteroatoms. The van der Waals surface area contributed by atoms with Gasteiger partial charge in [0, 0.05) is 19.5 Å². The Kier molecular flexibility index (Phi) is 3.42. The molecule has 3 aromatic rings. The standard InChI is InChI=1S/C14H13N3OS2/c1-15-14-16-10(8-20-14)9-5-6-11(17(2)13(9)18)12-4-3-7-19-12/h3-8H,1-2H3,(H,15,16). The summed E-state index contributed by atoms with van der Waals surface area (Å²) in [5.41, 5.74) is 2.25. The SMILES string of the molecule is CNc1nc(-c2ccc(-c3cccs3)n(C)c2=O)cs1. The molecule has 0 aliphatic rings. The van der Waals surface area contributed by atoms with Crippen LogP contribution < -0.4 is 10.9 Å². The van der Waals surface area contributed by atoms with Crippen LogP contribution >= 0.6 is 22.7 Å². The van der Waals surface area contributed by atoms with E-state index in [0.717, 1.165) is 21.4 Å². The van der Waals surface area contributed by atoms with Crippen molar-refractivity contribution in [2.24, 2.45) is 7.05 Å². The highest BCUT2D eigenvalue weighted by atomic mass is 32.1. The van der Waals surface area contributed by atoms with Gasteiger partial charge in [-0.3, -0.25) is 4.79 Å². The third kappa shape index (κ3) is 2.17. The molecule has 1 N–H and O–H groups in total. The number of hydrogen-bond donors (Lipinski definition) is 1. The molecular formula is C14H13N3OS2. The molecule has 0 aliphatic heterocycles. The van der Waals surface area contributed by atoms with Gasteiger partial charge < -0.3 is 9.88 Å². The van der Waals surface area contributed by atoms with E-state index in [9.17, 15) is 4.79 Å². The van der Waals surface area contributed by atoms with Crippen molar-refractivity contribution in [2.45, 2.75) is 0 Å². The van der Waals surface area contributed by atoms with Gasteiger partial charge in [-0.05, 0) is 23.6 Å². The third-order valence-corrected chi connectivity index (χ3v) is 4.82. The second kappa shape index (κ2) is 5.22. The van der Waals surface area contributed by atoms with Gasteiger partial charge in [0.05, 0.1) is 21.8 Å². The van der Waals surface area contributed by atoms with Gasteiger partial charge in [-0.1, -0.05) is 6.07 Å². The highest BCUT2D eigenvalue weighted by Gasteiger charge is 2.12. The van der Waals surface area contributed by atoms with Crippen LogP contribution in [0.3, 0.4) is 0 Å². The molecule has 0 aromatic carbocycles. The Hall–Kier alpha value is -1.92. The zero-order chi connectivity index (χ0) is 14.1. The molecule has 20 heavy (non-hydrogen) atoms.